The Morgan fingerprint density at radius 1 is 1.60 bits per heavy atom. The van der Waals surface area contributed by atoms with Gasteiger partial charge in [0.1, 0.15) is 11.5 Å². The third-order valence-corrected chi connectivity index (χ3v) is 3.46. The number of carbonyl (C=O) groups is 1. The highest BCUT2D eigenvalue weighted by atomic mass is 16.5. The fourth-order valence-corrected chi connectivity index (χ4v) is 2.21. The summed E-state index contributed by atoms with van der Waals surface area (Å²) in [5, 5.41) is 9.88. The predicted octanol–water partition coefficient (Wildman–Crippen LogP) is 0.589. The van der Waals surface area contributed by atoms with Crippen LogP contribution in [0.4, 0.5) is 0 Å². The lowest BCUT2D eigenvalue weighted by molar-refractivity contribution is -0.0426. The summed E-state index contributed by atoms with van der Waals surface area (Å²) >= 11 is 0. The largest absolute Gasteiger partial charge is 0.507 e. The normalized spacial score (nSPS) is 22.6. The fourth-order valence-electron chi connectivity index (χ4n) is 2.21. The first-order chi connectivity index (χ1) is 9.56. The van der Waals surface area contributed by atoms with Gasteiger partial charge in [-0.2, -0.15) is 0 Å². The Kier molecular flexibility index (Phi) is 4.46. The highest BCUT2D eigenvalue weighted by Gasteiger charge is 2.30. The number of ether oxygens (including phenoxy) is 2. The minimum absolute atomic E-state index is 0.0567. The zero-order valence-electron chi connectivity index (χ0n) is 11.7. The average molecular weight is 280 g/mol. The Hall–Kier alpha value is -1.79. The molecule has 2 rings (SSSR count). The Balaban J connectivity index is 2.25. The summed E-state index contributed by atoms with van der Waals surface area (Å²) in [6, 6.07) is 4.54. The number of hydrogen-bond acceptors (Lipinski definition) is 5. The van der Waals surface area contributed by atoms with Crippen LogP contribution in [-0.4, -0.2) is 54.9 Å². The number of methoxy groups -OCH3 is 1. The number of phenols is 1. The van der Waals surface area contributed by atoms with Crippen molar-refractivity contribution in [2.75, 3.05) is 26.8 Å². The SMILES string of the molecule is COc1ccc(O)c(C(=O)N2CC(CN)OCC2C)c1. The minimum Gasteiger partial charge on any atom is -0.507 e. The molecule has 0 radical (unpaired) electrons. The van der Waals surface area contributed by atoms with E-state index in [0.717, 1.165) is 0 Å². The van der Waals surface area contributed by atoms with Crippen molar-refractivity contribution in [2.24, 2.45) is 5.73 Å². The Labute approximate surface area is 118 Å². The fraction of sp³-hybridized carbons (Fsp3) is 0.500. The maximum atomic E-state index is 12.6. The summed E-state index contributed by atoms with van der Waals surface area (Å²) < 4.78 is 10.6. The highest BCUT2D eigenvalue weighted by molar-refractivity contribution is 5.97. The zero-order chi connectivity index (χ0) is 14.7. The van der Waals surface area contributed by atoms with Crippen LogP contribution in [0.15, 0.2) is 18.2 Å². The van der Waals surface area contributed by atoms with E-state index in [0.29, 0.717) is 25.4 Å². The molecule has 1 aliphatic heterocycles. The van der Waals surface area contributed by atoms with Gasteiger partial charge in [0.05, 0.1) is 31.4 Å². The van der Waals surface area contributed by atoms with Crippen molar-refractivity contribution in [2.45, 2.75) is 19.1 Å². The number of aromatic hydroxyl groups is 1. The topological polar surface area (TPSA) is 85.0 Å². The molecular formula is C14H20N2O4. The number of morpholine rings is 1. The van der Waals surface area contributed by atoms with Crippen molar-refractivity contribution in [1.82, 2.24) is 4.90 Å². The first-order valence-electron chi connectivity index (χ1n) is 6.56. The second kappa shape index (κ2) is 6.11. The van der Waals surface area contributed by atoms with E-state index < -0.39 is 0 Å². The summed E-state index contributed by atoms with van der Waals surface area (Å²) in [4.78, 5) is 14.3. The second-order valence-corrected chi connectivity index (χ2v) is 4.88. The van der Waals surface area contributed by atoms with Crippen LogP contribution in [0.1, 0.15) is 17.3 Å². The molecular weight excluding hydrogens is 260 g/mol. The number of benzene rings is 1. The zero-order valence-corrected chi connectivity index (χ0v) is 11.7. The Morgan fingerprint density at radius 2 is 2.35 bits per heavy atom. The van der Waals surface area contributed by atoms with Crippen molar-refractivity contribution in [3.8, 4) is 11.5 Å². The summed E-state index contributed by atoms with van der Waals surface area (Å²) in [5.74, 6) is 0.233. The average Bonchev–Trinajstić information content (AvgIpc) is 2.47. The standard InChI is InChI=1S/C14H20N2O4/c1-9-8-20-11(6-15)7-16(9)14(18)12-5-10(19-2)3-4-13(12)17/h3-5,9,11,17H,6-8,15H2,1-2H3. The second-order valence-electron chi connectivity index (χ2n) is 4.88. The van der Waals surface area contributed by atoms with Gasteiger partial charge in [0.15, 0.2) is 0 Å². The van der Waals surface area contributed by atoms with E-state index in [4.69, 9.17) is 15.2 Å². The molecule has 1 aromatic rings. The van der Waals surface area contributed by atoms with E-state index >= 15 is 0 Å². The van der Waals surface area contributed by atoms with E-state index in [2.05, 4.69) is 0 Å². The molecule has 0 spiro atoms. The molecule has 1 aromatic carbocycles. The van der Waals surface area contributed by atoms with Crippen molar-refractivity contribution < 1.29 is 19.4 Å². The highest BCUT2D eigenvalue weighted by Crippen LogP contribution is 2.26. The molecule has 110 valence electrons. The monoisotopic (exact) mass is 280 g/mol. The van der Waals surface area contributed by atoms with Crippen LogP contribution in [0.5, 0.6) is 11.5 Å². The number of amides is 1. The first kappa shape index (κ1) is 14.6. The van der Waals surface area contributed by atoms with Gasteiger partial charge in [0, 0.05) is 13.1 Å². The molecule has 0 aliphatic carbocycles. The maximum absolute atomic E-state index is 12.6. The van der Waals surface area contributed by atoms with Gasteiger partial charge in [-0.3, -0.25) is 4.79 Å². The van der Waals surface area contributed by atoms with E-state index in [1.807, 2.05) is 6.92 Å². The van der Waals surface area contributed by atoms with Gasteiger partial charge in [-0.25, -0.2) is 0 Å². The molecule has 0 aromatic heterocycles. The number of carbonyl (C=O) groups excluding carboxylic acids is 1. The molecule has 1 heterocycles. The van der Waals surface area contributed by atoms with Crippen molar-refractivity contribution >= 4 is 5.91 Å². The van der Waals surface area contributed by atoms with E-state index in [1.165, 1.54) is 19.2 Å². The number of hydrogen-bond donors (Lipinski definition) is 2. The van der Waals surface area contributed by atoms with Gasteiger partial charge in [-0.1, -0.05) is 0 Å². The molecule has 1 saturated heterocycles. The van der Waals surface area contributed by atoms with Crippen LogP contribution >= 0.6 is 0 Å². The van der Waals surface area contributed by atoms with E-state index in [9.17, 15) is 9.90 Å². The summed E-state index contributed by atoms with van der Waals surface area (Å²) in [6.07, 6.45) is -0.164. The lowest BCUT2D eigenvalue weighted by atomic mass is 10.1. The molecule has 2 atom stereocenters. The lowest BCUT2D eigenvalue weighted by Gasteiger charge is -2.37. The molecule has 0 saturated carbocycles. The number of nitrogens with zero attached hydrogens (tertiary/aromatic N) is 1. The molecule has 6 heteroatoms. The minimum atomic E-state index is -0.240. The molecule has 2 unspecified atom stereocenters. The van der Waals surface area contributed by atoms with Crippen LogP contribution in [-0.2, 0) is 4.74 Å². The van der Waals surface area contributed by atoms with Crippen LogP contribution in [0.25, 0.3) is 0 Å². The molecule has 1 aliphatic rings. The van der Waals surface area contributed by atoms with Crippen LogP contribution < -0.4 is 10.5 Å². The van der Waals surface area contributed by atoms with Gasteiger partial charge in [-0.05, 0) is 25.1 Å². The van der Waals surface area contributed by atoms with Gasteiger partial charge < -0.3 is 25.2 Å². The summed E-state index contributed by atoms with van der Waals surface area (Å²) in [6.45, 7) is 3.13. The third kappa shape index (κ3) is 2.86. The maximum Gasteiger partial charge on any atom is 0.258 e. The van der Waals surface area contributed by atoms with E-state index in [1.54, 1.807) is 11.0 Å². The van der Waals surface area contributed by atoms with Crippen LogP contribution in [0.2, 0.25) is 0 Å². The van der Waals surface area contributed by atoms with Gasteiger partial charge in [0.2, 0.25) is 0 Å². The predicted molar refractivity (Wildman–Crippen MR) is 74.0 cm³/mol. The third-order valence-electron chi connectivity index (χ3n) is 3.46. The molecule has 6 nitrogen and oxygen atoms in total. The van der Waals surface area contributed by atoms with Crippen LogP contribution in [0, 0.1) is 0 Å². The Morgan fingerprint density at radius 3 is 3.00 bits per heavy atom. The molecule has 20 heavy (non-hydrogen) atoms. The number of phenolic OH excluding ortho intramolecular Hbond substituents is 1. The van der Waals surface area contributed by atoms with Gasteiger partial charge in [-0.15, -0.1) is 0 Å². The quantitative estimate of drug-likeness (QED) is 0.846. The molecule has 3 N–H and O–H groups in total. The Bertz CT molecular complexity index is 492. The van der Waals surface area contributed by atoms with Crippen molar-refractivity contribution in [3.63, 3.8) is 0 Å². The van der Waals surface area contributed by atoms with Gasteiger partial charge >= 0.3 is 0 Å². The van der Waals surface area contributed by atoms with Crippen molar-refractivity contribution in [1.29, 1.82) is 0 Å². The summed E-state index contributed by atoms with van der Waals surface area (Å²) in [5.41, 5.74) is 5.82. The lowest BCUT2D eigenvalue weighted by Crippen LogP contribution is -2.52. The first-order valence-corrected chi connectivity index (χ1v) is 6.56. The number of rotatable bonds is 3. The number of nitrogens with two attached hydrogens (primary N) is 1. The van der Waals surface area contributed by atoms with Crippen molar-refractivity contribution in [3.05, 3.63) is 23.8 Å². The molecule has 0 bridgehead atoms. The van der Waals surface area contributed by atoms with Gasteiger partial charge in [0.25, 0.3) is 5.91 Å². The smallest absolute Gasteiger partial charge is 0.258 e. The molecule has 1 fully saturated rings. The molecule has 1 amide bonds. The summed E-state index contributed by atoms with van der Waals surface area (Å²) in [7, 11) is 1.52. The van der Waals surface area contributed by atoms with E-state index in [-0.39, 0.29) is 29.4 Å². The van der Waals surface area contributed by atoms with Crippen LogP contribution in [0.3, 0.4) is 0 Å².